The molecule has 0 aliphatic heterocycles. The Morgan fingerprint density at radius 1 is 1.47 bits per heavy atom. The van der Waals surface area contributed by atoms with E-state index in [9.17, 15) is 0 Å². The van der Waals surface area contributed by atoms with E-state index in [-0.39, 0.29) is 0 Å². The number of methoxy groups -OCH3 is 1. The molecule has 1 rings (SSSR count). The van der Waals surface area contributed by atoms with E-state index in [1.54, 1.807) is 7.11 Å². The average molecular weight is 272 g/mol. The molecular formula is C12H18BrNO. The van der Waals surface area contributed by atoms with Crippen LogP contribution < -0.4 is 5.32 Å². The van der Waals surface area contributed by atoms with Crippen LogP contribution in [0.15, 0.2) is 28.7 Å². The van der Waals surface area contributed by atoms with Crippen LogP contribution in [-0.4, -0.2) is 20.3 Å². The summed E-state index contributed by atoms with van der Waals surface area (Å²) in [6.07, 6.45) is 1.08. The van der Waals surface area contributed by atoms with Gasteiger partial charge >= 0.3 is 0 Å². The Kier molecular flexibility index (Phi) is 5.91. The van der Waals surface area contributed by atoms with Crippen molar-refractivity contribution in [2.24, 2.45) is 0 Å². The topological polar surface area (TPSA) is 21.3 Å². The molecule has 1 aromatic rings. The summed E-state index contributed by atoms with van der Waals surface area (Å²) in [5.41, 5.74) is 1.32. The van der Waals surface area contributed by atoms with Crippen molar-refractivity contribution in [2.75, 3.05) is 20.3 Å². The van der Waals surface area contributed by atoms with Crippen LogP contribution in [0.5, 0.6) is 0 Å². The Labute approximate surface area is 100 Å². The van der Waals surface area contributed by atoms with Crippen LogP contribution in [0.3, 0.4) is 0 Å². The molecule has 0 aromatic heterocycles. The summed E-state index contributed by atoms with van der Waals surface area (Å²) in [5, 5.41) is 3.47. The number of halogens is 1. The third-order valence-corrected chi connectivity index (χ3v) is 2.85. The molecule has 1 atom stereocenters. The number of hydrogen-bond acceptors (Lipinski definition) is 2. The summed E-state index contributed by atoms with van der Waals surface area (Å²) >= 11 is 3.49. The fourth-order valence-corrected chi connectivity index (χ4v) is 1.97. The Morgan fingerprint density at radius 3 is 2.87 bits per heavy atom. The van der Waals surface area contributed by atoms with Gasteiger partial charge in [-0.25, -0.2) is 0 Å². The number of nitrogens with one attached hydrogen (secondary N) is 1. The molecule has 0 aliphatic carbocycles. The number of benzene rings is 1. The summed E-state index contributed by atoms with van der Waals surface area (Å²) < 4.78 is 6.16. The molecule has 0 heterocycles. The number of rotatable bonds is 6. The predicted molar refractivity (Wildman–Crippen MR) is 67.1 cm³/mol. The van der Waals surface area contributed by atoms with Crippen LogP contribution in [0, 0.1) is 0 Å². The second-order valence-corrected chi connectivity index (χ2v) is 4.38. The lowest BCUT2D eigenvalue weighted by molar-refractivity contribution is 0.195. The quantitative estimate of drug-likeness (QED) is 0.803. The maximum atomic E-state index is 5.02. The highest BCUT2D eigenvalue weighted by atomic mass is 79.9. The van der Waals surface area contributed by atoms with E-state index in [0.717, 1.165) is 24.0 Å². The second-order valence-electron chi connectivity index (χ2n) is 3.46. The maximum Gasteiger partial charge on any atom is 0.0587 e. The summed E-state index contributed by atoms with van der Waals surface area (Å²) in [4.78, 5) is 0. The van der Waals surface area contributed by atoms with Crippen LogP contribution in [0.25, 0.3) is 0 Å². The highest BCUT2D eigenvalue weighted by Crippen LogP contribution is 2.20. The predicted octanol–water partition coefficient (Wildman–Crippen LogP) is 3.14. The molecule has 0 radical (unpaired) electrons. The normalized spacial score (nSPS) is 12.7. The summed E-state index contributed by atoms with van der Waals surface area (Å²) in [7, 11) is 1.72. The molecule has 84 valence electrons. The Bertz CT molecular complexity index is 291. The molecule has 0 saturated heterocycles. The van der Waals surface area contributed by atoms with Gasteiger partial charge in [0.15, 0.2) is 0 Å². The monoisotopic (exact) mass is 271 g/mol. The molecule has 3 heteroatoms. The van der Waals surface area contributed by atoms with Gasteiger partial charge in [-0.2, -0.15) is 0 Å². The van der Waals surface area contributed by atoms with Crippen molar-refractivity contribution in [3.8, 4) is 0 Å². The first-order valence-electron chi connectivity index (χ1n) is 5.25. The lowest BCUT2D eigenvalue weighted by atomic mass is 10.1. The van der Waals surface area contributed by atoms with E-state index < -0.39 is 0 Å². The molecule has 0 saturated carbocycles. The van der Waals surface area contributed by atoms with Crippen molar-refractivity contribution < 1.29 is 4.74 Å². The first kappa shape index (κ1) is 12.7. The van der Waals surface area contributed by atoms with E-state index in [4.69, 9.17) is 4.74 Å². The maximum absolute atomic E-state index is 5.02. The summed E-state index contributed by atoms with van der Waals surface area (Å²) in [6.45, 7) is 3.83. The molecule has 0 bridgehead atoms. The van der Waals surface area contributed by atoms with Crippen LogP contribution >= 0.6 is 15.9 Å². The minimum atomic E-state index is 0.414. The smallest absolute Gasteiger partial charge is 0.0587 e. The Morgan fingerprint density at radius 2 is 2.27 bits per heavy atom. The molecule has 1 aromatic carbocycles. The molecule has 1 N–H and O–H groups in total. The van der Waals surface area contributed by atoms with Crippen LogP contribution in [0.1, 0.15) is 24.9 Å². The van der Waals surface area contributed by atoms with Gasteiger partial charge in [-0.05, 0) is 24.1 Å². The van der Waals surface area contributed by atoms with Crippen molar-refractivity contribution in [3.05, 3.63) is 34.3 Å². The molecule has 0 amide bonds. The van der Waals surface area contributed by atoms with E-state index in [1.807, 2.05) is 6.07 Å². The molecule has 0 aliphatic rings. The standard InChI is InChI=1S/C12H18BrNO/c1-3-12(14-7-8-15-2)10-5-4-6-11(13)9-10/h4-6,9,12,14H,3,7-8H2,1-2H3. The third-order valence-electron chi connectivity index (χ3n) is 2.36. The zero-order chi connectivity index (χ0) is 11.1. The summed E-state index contributed by atoms with van der Waals surface area (Å²) in [5.74, 6) is 0. The van der Waals surface area contributed by atoms with Crippen LogP contribution in [-0.2, 0) is 4.74 Å². The Balaban J connectivity index is 2.57. The molecule has 15 heavy (non-hydrogen) atoms. The van der Waals surface area contributed by atoms with Crippen molar-refractivity contribution in [1.29, 1.82) is 0 Å². The van der Waals surface area contributed by atoms with E-state index >= 15 is 0 Å². The zero-order valence-corrected chi connectivity index (χ0v) is 10.9. The largest absolute Gasteiger partial charge is 0.383 e. The second kappa shape index (κ2) is 6.99. The van der Waals surface area contributed by atoms with Gasteiger partial charge in [0.1, 0.15) is 0 Å². The lowest BCUT2D eigenvalue weighted by Gasteiger charge is -2.17. The first-order chi connectivity index (χ1) is 7.27. The molecule has 0 fully saturated rings. The average Bonchev–Trinajstić information content (AvgIpc) is 2.24. The molecular weight excluding hydrogens is 254 g/mol. The van der Waals surface area contributed by atoms with Gasteiger partial charge in [-0.15, -0.1) is 0 Å². The molecule has 2 nitrogen and oxygen atoms in total. The zero-order valence-electron chi connectivity index (χ0n) is 9.29. The minimum Gasteiger partial charge on any atom is -0.383 e. The van der Waals surface area contributed by atoms with Crippen molar-refractivity contribution in [1.82, 2.24) is 5.32 Å². The van der Waals surface area contributed by atoms with Gasteiger partial charge in [0, 0.05) is 24.2 Å². The third kappa shape index (κ3) is 4.33. The summed E-state index contributed by atoms with van der Waals surface area (Å²) in [6, 6.07) is 8.84. The van der Waals surface area contributed by atoms with Crippen molar-refractivity contribution in [3.63, 3.8) is 0 Å². The lowest BCUT2D eigenvalue weighted by Crippen LogP contribution is -2.24. The van der Waals surface area contributed by atoms with Crippen molar-refractivity contribution in [2.45, 2.75) is 19.4 Å². The van der Waals surface area contributed by atoms with E-state index in [2.05, 4.69) is 46.4 Å². The van der Waals surface area contributed by atoms with Gasteiger partial charge in [0.2, 0.25) is 0 Å². The Hall–Kier alpha value is -0.380. The van der Waals surface area contributed by atoms with Gasteiger partial charge in [0.05, 0.1) is 6.61 Å². The fraction of sp³-hybridized carbons (Fsp3) is 0.500. The first-order valence-corrected chi connectivity index (χ1v) is 6.05. The highest BCUT2D eigenvalue weighted by molar-refractivity contribution is 9.10. The minimum absolute atomic E-state index is 0.414. The molecule has 1 unspecified atom stereocenters. The SMILES string of the molecule is CCC(NCCOC)c1cccc(Br)c1. The van der Waals surface area contributed by atoms with Gasteiger partial charge in [-0.1, -0.05) is 35.0 Å². The van der Waals surface area contributed by atoms with Crippen molar-refractivity contribution >= 4 is 15.9 Å². The van der Waals surface area contributed by atoms with Crippen LogP contribution in [0.4, 0.5) is 0 Å². The van der Waals surface area contributed by atoms with Crippen LogP contribution in [0.2, 0.25) is 0 Å². The van der Waals surface area contributed by atoms with E-state index in [1.165, 1.54) is 5.56 Å². The highest BCUT2D eigenvalue weighted by Gasteiger charge is 2.07. The fourth-order valence-electron chi connectivity index (χ4n) is 1.56. The van der Waals surface area contributed by atoms with E-state index in [0.29, 0.717) is 6.04 Å². The van der Waals surface area contributed by atoms with Gasteiger partial charge < -0.3 is 10.1 Å². The van der Waals surface area contributed by atoms with Gasteiger partial charge in [-0.3, -0.25) is 0 Å². The van der Waals surface area contributed by atoms with Gasteiger partial charge in [0.25, 0.3) is 0 Å². The molecule has 0 spiro atoms. The number of hydrogen-bond donors (Lipinski definition) is 1. The number of ether oxygens (including phenoxy) is 1.